The first kappa shape index (κ1) is 10.3. The molecule has 0 radical (unpaired) electrons. The second kappa shape index (κ2) is 3.41. The Kier molecular flexibility index (Phi) is 2.34. The van der Waals surface area contributed by atoms with Crippen molar-refractivity contribution in [1.82, 2.24) is 20.0 Å². The largest absolute Gasteiger partial charge is 0.271 e. The van der Waals surface area contributed by atoms with Crippen molar-refractivity contribution in [3.05, 3.63) is 17.4 Å². The maximum Gasteiger partial charge on any atom is 0.151 e. The van der Waals surface area contributed by atoms with Crippen LogP contribution in [0.3, 0.4) is 0 Å². The number of hydrogen-bond donors (Lipinski definition) is 0. The summed E-state index contributed by atoms with van der Waals surface area (Å²) in [5, 5.41) is 13.2. The lowest BCUT2D eigenvalue weighted by molar-refractivity contribution is 0.524. The average molecular weight is 222 g/mol. The van der Waals surface area contributed by atoms with E-state index in [-0.39, 0.29) is 5.41 Å². The van der Waals surface area contributed by atoms with Crippen molar-refractivity contribution in [3.63, 3.8) is 0 Å². The van der Waals surface area contributed by atoms with Gasteiger partial charge >= 0.3 is 0 Å². The molecular formula is C10H14N4S. The Hall–Kier alpha value is -1.23. The van der Waals surface area contributed by atoms with Gasteiger partial charge in [-0.1, -0.05) is 32.1 Å². The summed E-state index contributed by atoms with van der Waals surface area (Å²) in [5.41, 5.74) is 4.09. The van der Waals surface area contributed by atoms with Crippen LogP contribution in [-0.4, -0.2) is 20.0 Å². The Morgan fingerprint density at radius 3 is 2.60 bits per heavy atom. The first-order valence-electron chi connectivity index (χ1n) is 4.79. The molecule has 80 valence electrons. The van der Waals surface area contributed by atoms with Crippen molar-refractivity contribution in [2.45, 2.75) is 26.2 Å². The minimum atomic E-state index is 0.0618. The van der Waals surface area contributed by atoms with E-state index in [2.05, 4.69) is 36.1 Å². The second-order valence-electron chi connectivity index (χ2n) is 4.52. The smallest absolute Gasteiger partial charge is 0.151 e. The number of hydrogen-bond acceptors (Lipinski definition) is 4. The lowest BCUT2D eigenvalue weighted by Gasteiger charge is -2.20. The molecule has 0 saturated carbocycles. The molecule has 0 fully saturated rings. The van der Waals surface area contributed by atoms with Crippen LogP contribution in [0, 0.1) is 0 Å². The van der Waals surface area contributed by atoms with Gasteiger partial charge in [-0.05, 0) is 0 Å². The van der Waals surface area contributed by atoms with Crippen LogP contribution in [0.25, 0.3) is 10.6 Å². The van der Waals surface area contributed by atoms with Gasteiger partial charge in [-0.25, -0.2) is 0 Å². The average Bonchev–Trinajstić information content (AvgIpc) is 2.68. The summed E-state index contributed by atoms with van der Waals surface area (Å²) in [6, 6.07) is 0. The molecule has 0 unspecified atom stereocenters. The van der Waals surface area contributed by atoms with Crippen molar-refractivity contribution in [2.24, 2.45) is 7.05 Å². The fourth-order valence-electron chi connectivity index (χ4n) is 1.77. The first-order valence-corrected chi connectivity index (χ1v) is 5.67. The lowest BCUT2D eigenvalue weighted by atomic mass is 9.89. The van der Waals surface area contributed by atoms with Gasteiger partial charge in [0.2, 0.25) is 0 Å². The lowest BCUT2D eigenvalue weighted by Crippen LogP contribution is -2.17. The van der Waals surface area contributed by atoms with Crippen molar-refractivity contribution in [2.75, 3.05) is 0 Å². The van der Waals surface area contributed by atoms with Crippen molar-refractivity contribution < 1.29 is 0 Å². The predicted octanol–water partition coefficient (Wildman–Crippen LogP) is 2.24. The Balaban J connectivity index is 2.59. The zero-order valence-electron chi connectivity index (χ0n) is 9.35. The Labute approximate surface area is 93.0 Å². The normalized spacial score (nSPS) is 12.0. The van der Waals surface area contributed by atoms with E-state index >= 15 is 0 Å². The fourth-order valence-corrected chi connectivity index (χ4v) is 2.34. The number of aryl methyl sites for hydroxylation is 1. The summed E-state index contributed by atoms with van der Waals surface area (Å²) in [4.78, 5) is 0. The minimum Gasteiger partial charge on any atom is -0.271 e. The molecule has 0 N–H and O–H groups in total. The van der Waals surface area contributed by atoms with E-state index in [0.717, 1.165) is 10.6 Å². The van der Waals surface area contributed by atoms with Crippen LogP contribution in [0.5, 0.6) is 0 Å². The van der Waals surface area contributed by atoms with Gasteiger partial charge in [0.25, 0.3) is 0 Å². The standard InChI is InChI=1S/C10H14N4S/c1-10(2,3)8-7(5-12-14(8)4)9-13-11-6-15-9/h5-6H,1-4H3. The predicted molar refractivity (Wildman–Crippen MR) is 60.8 cm³/mol. The Morgan fingerprint density at radius 2 is 2.07 bits per heavy atom. The van der Waals surface area contributed by atoms with E-state index in [4.69, 9.17) is 0 Å². The third-order valence-electron chi connectivity index (χ3n) is 2.24. The molecule has 5 heteroatoms. The molecule has 0 aliphatic rings. The molecule has 4 nitrogen and oxygen atoms in total. The highest BCUT2D eigenvalue weighted by atomic mass is 32.1. The van der Waals surface area contributed by atoms with Gasteiger partial charge in [0, 0.05) is 12.5 Å². The van der Waals surface area contributed by atoms with E-state index in [0.29, 0.717) is 0 Å². The molecule has 0 saturated heterocycles. The van der Waals surface area contributed by atoms with E-state index in [9.17, 15) is 0 Å². The summed E-state index contributed by atoms with van der Waals surface area (Å²) in [6.45, 7) is 6.53. The highest BCUT2D eigenvalue weighted by molar-refractivity contribution is 7.12. The third-order valence-corrected chi connectivity index (χ3v) is 2.96. The summed E-state index contributed by atoms with van der Waals surface area (Å²) >= 11 is 1.54. The first-order chi connectivity index (χ1) is 7.00. The highest BCUT2D eigenvalue weighted by Crippen LogP contribution is 2.32. The van der Waals surface area contributed by atoms with Gasteiger partial charge in [0.05, 0.1) is 17.5 Å². The van der Waals surface area contributed by atoms with Crippen LogP contribution in [0.15, 0.2) is 11.7 Å². The molecule has 2 rings (SSSR count). The molecule has 0 bridgehead atoms. The molecule has 0 aliphatic heterocycles. The summed E-state index contributed by atoms with van der Waals surface area (Å²) in [5.74, 6) is 0. The molecular weight excluding hydrogens is 208 g/mol. The molecule has 0 aromatic carbocycles. The van der Waals surface area contributed by atoms with Crippen LogP contribution in [0.2, 0.25) is 0 Å². The Bertz CT molecular complexity index is 450. The molecule has 0 atom stereocenters. The summed E-state index contributed by atoms with van der Waals surface area (Å²) in [7, 11) is 1.96. The third kappa shape index (κ3) is 1.79. The van der Waals surface area contributed by atoms with Crippen molar-refractivity contribution >= 4 is 11.3 Å². The topological polar surface area (TPSA) is 43.6 Å². The van der Waals surface area contributed by atoms with Crippen LogP contribution in [0.4, 0.5) is 0 Å². The molecule has 2 heterocycles. The van der Waals surface area contributed by atoms with E-state index in [1.54, 1.807) is 16.8 Å². The molecule has 2 aromatic rings. The molecule has 0 spiro atoms. The molecule has 2 aromatic heterocycles. The number of aromatic nitrogens is 4. The SMILES string of the molecule is Cn1ncc(-c2nncs2)c1C(C)(C)C. The monoisotopic (exact) mass is 222 g/mol. The van der Waals surface area contributed by atoms with Crippen molar-refractivity contribution in [1.29, 1.82) is 0 Å². The van der Waals surface area contributed by atoms with E-state index in [1.165, 1.54) is 5.69 Å². The van der Waals surface area contributed by atoms with Gasteiger partial charge in [-0.3, -0.25) is 4.68 Å². The zero-order chi connectivity index (χ0) is 11.1. The van der Waals surface area contributed by atoms with Gasteiger partial charge < -0.3 is 0 Å². The number of rotatable bonds is 1. The zero-order valence-corrected chi connectivity index (χ0v) is 10.2. The van der Waals surface area contributed by atoms with Gasteiger partial charge in [-0.15, -0.1) is 10.2 Å². The van der Waals surface area contributed by atoms with Crippen LogP contribution in [-0.2, 0) is 12.5 Å². The van der Waals surface area contributed by atoms with Crippen LogP contribution in [0.1, 0.15) is 26.5 Å². The van der Waals surface area contributed by atoms with Gasteiger partial charge in [0.1, 0.15) is 5.51 Å². The molecule has 0 aliphatic carbocycles. The maximum atomic E-state index is 4.29. The minimum absolute atomic E-state index is 0.0618. The van der Waals surface area contributed by atoms with Crippen LogP contribution >= 0.6 is 11.3 Å². The molecule has 15 heavy (non-hydrogen) atoms. The van der Waals surface area contributed by atoms with Crippen LogP contribution < -0.4 is 0 Å². The van der Waals surface area contributed by atoms with E-state index in [1.807, 2.05) is 17.9 Å². The number of nitrogens with zero attached hydrogens (tertiary/aromatic N) is 4. The fraction of sp³-hybridized carbons (Fsp3) is 0.500. The Morgan fingerprint density at radius 1 is 1.33 bits per heavy atom. The highest BCUT2D eigenvalue weighted by Gasteiger charge is 2.24. The quantitative estimate of drug-likeness (QED) is 0.743. The van der Waals surface area contributed by atoms with Crippen molar-refractivity contribution in [3.8, 4) is 10.6 Å². The maximum absolute atomic E-state index is 4.29. The van der Waals surface area contributed by atoms with E-state index < -0.39 is 0 Å². The van der Waals surface area contributed by atoms with Gasteiger partial charge in [-0.2, -0.15) is 5.10 Å². The molecule has 0 amide bonds. The summed E-state index contributed by atoms with van der Waals surface area (Å²) in [6.07, 6.45) is 1.86. The van der Waals surface area contributed by atoms with Gasteiger partial charge in [0.15, 0.2) is 5.01 Å². The summed E-state index contributed by atoms with van der Waals surface area (Å²) < 4.78 is 1.91. The second-order valence-corrected chi connectivity index (χ2v) is 5.36.